The Kier molecular flexibility index (Phi) is 3.95. The van der Waals surface area contributed by atoms with Crippen molar-refractivity contribution in [3.63, 3.8) is 0 Å². The molecule has 2 aliphatic rings. The Morgan fingerprint density at radius 2 is 2.04 bits per heavy atom. The van der Waals surface area contributed by atoms with E-state index in [0.717, 1.165) is 12.8 Å². The number of carbonyl (C=O) groups is 2. The van der Waals surface area contributed by atoms with Gasteiger partial charge in [0.1, 0.15) is 11.2 Å². The van der Waals surface area contributed by atoms with E-state index in [1.807, 2.05) is 0 Å². The molecule has 8 nitrogen and oxygen atoms in total. The lowest BCUT2D eigenvalue weighted by Gasteiger charge is -2.29. The number of carbonyl (C=O) groups excluding carboxylic acids is 1. The minimum atomic E-state index is -1.41. The number of aromatic carboxylic acids is 1. The average Bonchev–Trinajstić information content (AvgIpc) is 3.47. The van der Waals surface area contributed by atoms with E-state index in [9.17, 15) is 23.9 Å². The van der Waals surface area contributed by atoms with Gasteiger partial charge in [0.25, 0.3) is 0 Å². The summed E-state index contributed by atoms with van der Waals surface area (Å²) in [5, 5.41) is 12.2. The Labute approximate surface area is 147 Å². The largest absolute Gasteiger partial charge is 0.477 e. The monoisotopic (exact) mass is 360 g/mol. The number of carboxylic acids is 1. The van der Waals surface area contributed by atoms with Gasteiger partial charge in [-0.1, -0.05) is 0 Å². The van der Waals surface area contributed by atoms with E-state index in [-0.39, 0.29) is 29.2 Å². The lowest BCUT2D eigenvalue weighted by molar-refractivity contribution is 0.0694. The van der Waals surface area contributed by atoms with Crippen LogP contribution in [0.25, 0.3) is 11.0 Å². The SMILES string of the molecule is O=Cc1c(F)c(N2CCNCC2)nc2c1c(=O)c(C(=O)O)cn2C1CC1. The first-order valence-electron chi connectivity index (χ1n) is 8.45. The van der Waals surface area contributed by atoms with Crippen molar-refractivity contribution in [3.8, 4) is 0 Å². The Morgan fingerprint density at radius 3 is 2.62 bits per heavy atom. The van der Waals surface area contributed by atoms with Crippen LogP contribution in [0.3, 0.4) is 0 Å². The molecule has 1 saturated heterocycles. The number of carboxylic acid groups (broad SMARTS) is 1. The number of hydrogen-bond acceptors (Lipinski definition) is 6. The minimum absolute atomic E-state index is 0.00420. The third-order valence-corrected chi connectivity index (χ3v) is 4.83. The Bertz CT molecular complexity index is 977. The highest BCUT2D eigenvalue weighted by atomic mass is 19.1. The van der Waals surface area contributed by atoms with Crippen molar-refractivity contribution in [1.29, 1.82) is 0 Å². The van der Waals surface area contributed by atoms with E-state index < -0.39 is 28.3 Å². The van der Waals surface area contributed by atoms with Crippen LogP contribution in [0.15, 0.2) is 11.0 Å². The minimum Gasteiger partial charge on any atom is -0.477 e. The number of fused-ring (bicyclic) bond motifs is 1. The fourth-order valence-electron chi connectivity index (χ4n) is 3.34. The van der Waals surface area contributed by atoms with Gasteiger partial charge in [-0.3, -0.25) is 9.59 Å². The molecule has 136 valence electrons. The number of hydrogen-bond donors (Lipinski definition) is 2. The second-order valence-corrected chi connectivity index (χ2v) is 6.53. The van der Waals surface area contributed by atoms with E-state index in [4.69, 9.17) is 0 Å². The van der Waals surface area contributed by atoms with Crippen molar-refractivity contribution in [2.24, 2.45) is 0 Å². The highest BCUT2D eigenvalue weighted by Gasteiger charge is 2.31. The first kappa shape index (κ1) is 16.6. The zero-order valence-electron chi connectivity index (χ0n) is 13.9. The Balaban J connectivity index is 2.06. The predicted octanol–water partition coefficient (Wildman–Crippen LogP) is 0.791. The van der Waals surface area contributed by atoms with Crippen LogP contribution in [-0.2, 0) is 0 Å². The molecule has 1 saturated carbocycles. The van der Waals surface area contributed by atoms with Gasteiger partial charge >= 0.3 is 5.97 Å². The highest BCUT2D eigenvalue weighted by Crippen LogP contribution is 2.37. The van der Waals surface area contributed by atoms with Crippen molar-refractivity contribution >= 4 is 29.1 Å². The topological polar surface area (TPSA) is 105 Å². The highest BCUT2D eigenvalue weighted by molar-refractivity contribution is 6.00. The summed E-state index contributed by atoms with van der Waals surface area (Å²) in [5.41, 5.74) is -1.63. The second-order valence-electron chi connectivity index (χ2n) is 6.53. The average molecular weight is 360 g/mol. The van der Waals surface area contributed by atoms with Gasteiger partial charge in [0.05, 0.1) is 10.9 Å². The zero-order chi connectivity index (χ0) is 18.4. The lowest BCUT2D eigenvalue weighted by atomic mass is 10.1. The van der Waals surface area contributed by atoms with Crippen LogP contribution in [0.4, 0.5) is 10.2 Å². The molecule has 2 aromatic rings. The molecule has 3 heterocycles. The molecular formula is C17H17FN4O4. The van der Waals surface area contributed by atoms with Crippen LogP contribution < -0.4 is 15.6 Å². The molecule has 0 bridgehead atoms. The molecule has 2 N–H and O–H groups in total. The van der Waals surface area contributed by atoms with Crippen LogP contribution in [-0.4, -0.2) is 53.1 Å². The summed E-state index contributed by atoms with van der Waals surface area (Å²) in [6.45, 7) is 2.36. The van der Waals surface area contributed by atoms with Gasteiger partial charge in [0, 0.05) is 38.4 Å². The Hall–Kier alpha value is -2.81. The first-order chi connectivity index (χ1) is 12.5. The number of aldehydes is 1. The molecule has 26 heavy (non-hydrogen) atoms. The Morgan fingerprint density at radius 1 is 1.35 bits per heavy atom. The van der Waals surface area contributed by atoms with Crippen molar-refractivity contribution in [3.05, 3.63) is 33.4 Å². The molecule has 0 atom stereocenters. The number of anilines is 1. The summed E-state index contributed by atoms with van der Waals surface area (Å²) in [7, 11) is 0. The van der Waals surface area contributed by atoms with E-state index in [0.29, 0.717) is 26.2 Å². The van der Waals surface area contributed by atoms with Gasteiger partial charge in [-0.15, -0.1) is 0 Å². The molecular weight excluding hydrogens is 343 g/mol. The van der Waals surface area contributed by atoms with Gasteiger partial charge < -0.3 is 19.9 Å². The predicted molar refractivity (Wildman–Crippen MR) is 91.7 cm³/mol. The van der Waals surface area contributed by atoms with Crippen LogP contribution in [0.2, 0.25) is 0 Å². The second kappa shape index (κ2) is 6.17. The van der Waals surface area contributed by atoms with E-state index in [2.05, 4.69) is 10.3 Å². The summed E-state index contributed by atoms with van der Waals surface area (Å²) in [5.74, 6) is -2.26. The molecule has 9 heteroatoms. The lowest BCUT2D eigenvalue weighted by Crippen LogP contribution is -2.44. The molecule has 0 aromatic carbocycles. The van der Waals surface area contributed by atoms with Crippen molar-refractivity contribution in [1.82, 2.24) is 14.9 Å². The fraction of sp³-hybridized carbons (Fsp3) is 0.412. The third-order valence-electron chi connectivity index (χ3n) is 4.83. The summed E-state index contributed by atoms with van der Waals surface area (Å²) in [4.78, 5) is 41.7. The van der Waals surface area contributed by atoms with Crippen LogP contribution in [0.5, 0.6) is 0 Å². The van der Waals surface area contributed by atoms with Gasteiger partial charge in [-0.2, -0.15) is 0 Å². The molecule has 0 unspecified atom stereocenters. The van der Waals surface area contributed by atoms with Crippen LogP contribution in [0.1, 0.15) is 39.6 Å². The molecule has 0 spiro atoms. The van der Waals surface area contributed by atoms with Crippen molar-refractivity contribution in [2.45, 2.75) is 18.9 Å². The number of aromatic nitrogens is 2. The maximum Gasteiger partial charge on any atom is 0.341 e. The quantitative estimate of drug-likeness (QED) is 0.777. The molecule has 0 radical (unpaired) electrons. The molecule has 1 aliphatic carbocycles. The van der Waals surface area contributed by atoms with Crippen molar-refractivity contribution < 1.29 is 19.1 Å². The van der Waals surface area contributed by atoms with Gasteiger partial charge in [0.2, 0.25) is 5.43 Å². The van der Waals surface area contributed by atoms with Crippen molar-refractivity contribution in [2.75, 3.05) is 31.1 Å². The number of halogens is 1. The number of pyridine rings is 2. The molecule has 1 aliphatic heterocycles. The van der Waals surface area contributed by atoms with Crippen LogP contribution in [0, 0.1) is 5.82 Å². The van der Waals surface area contributed by atoms with Gasteiger partial charge in [-0.05, 0) is 12.8 Å². The number of nitrogens with zero attached hydrogens (tertiary/aromatic N) is 3. The molecule has 4 rings (SSSR count). The normalized spacial score (nSPS) is 17.5. The summed E-state index contributed by atoms with van der Waals surface area (Å²) >= 11 is 0. The number of piperazine rings is 1. The molecule has 2 aromatic heterocycles. The maximum atomic E-state index is 15.0. The summed E-state index contributed by atoms with van der Waals surface area (Å²) in [6.07, 6.45) is 3.16. The van der Waals surface area contributed by atoms with E-state index in [1.165, 1.54) is 6.20 Å². The maximum absolute atomic E-state index is 15.0. The molecule has 0 amide bonds. The molecule has 2 fully saturated rings. The van der Waals surface area contributed by atoms with E-state index in [1.54, 1.807) is 9.47 Å². The summed E-state index contributed by atoms with van der Waals surface area (Å²) in [6, 6.07) is 0.00420. The number of rotatable bonds is 4. The first-order valence-corrected chi connectivity index (χ1v) is 8.45. The fourth-order valence-corrected chi connectivity index (χ4v) is 3.34. The van der Waals surface area contributed by atoms with Crippen LogP contribution >= 0.6 is 0 Å². The number of nitrogens with one attached hydrogen (secondary N) is 1. The zero-order valence-corrected chi connectivity index (χ0v) is 13.9. The summed E-state index contributed by atoms with van der Waals surface area (Å²) < 4.78 is 16.6. The standard InChI is InChI=1S/C17H17FN4O4/c18-13-11(8-23)12-14(24)10(17(25)26)7-22(9-1-2-9)15(12)20-16(13)21-5-3-19-4-6-21/h7-9,19H,1-6H2,(H,25,26). The van der Waals surface area contributed by atoms with Gasteiger partial charge in [0.15, 0.2) is 17.9 Å². The smallest absolute Gasteiger partial charge is 0.341 e. The van der Waals surface area contributed by atoms with Gasteiger partial charge in [-0.25, -0.2) is 14.2 Å². The van der Waals surface area contributed by atoms with E-state index >= 15 is 0 Å². The third kappa shape index (κ3) is 2.55.